The van der Waals surface area contributed by atoms with Crippen molar-refractivity contribution in [3.8, 4) is 0 Å². The fraction of sp³-hybridized carbons (Fsp3) is 0.562. The van der Waals surface area contributed by atoms with Crippen molar-refractivity contribution in [1.82, 2.24) is 0 Å². The molecule has 1 aromatic carbocycles. The van der Waals surface area contributed by atoms with E-state index in [9.17, 15) is 4.79 Å². The maximum atomic E-state index is 11.1. The van der Waals surface area contributed by atoms with Crippen LogP contribution in [-0.2, 0) is 10.8 Å². The normalized spacial score (nSPS) is 19.3. The number of carbonyl (C=O) groups excluding carboxylic acids is 1. The van der Waals surface area contributed by atoms with Gasteiger partial charge in [0.2, 0.25) is 0 Å². The lowest BCUT2D eigenvalue weighted by atomic mass is 10.0. The van der Waals surface area contributed by atoms with Crippen LogP contribution in [0.3, 0.4) is 0 Å². The Morgan fingerprint density at radius 3 is 2.58 bits per heavy atom. The minimum absolute atomic E-state index is 0.177. The van der Waals surface area contributed by atoms with Gasteiger partial charge in [-0.3, -0.25) is 4.79 Å². The SMILES string of the molecule is CC(C)(C)[Si](C)(C)O[C@H]1CCc2c(C=O)cccc21. The summed E-state index contributed by atoms with van der Waals surface area (Å²) >= 11 is 0. The van der Waals surface area contributed by atoms with Crippen LogP contribution in [-0.4, -0.2) is 14.6 Å². The van der Waals surface area contributed by atoms with E-state index in [0.717, 1.165) is 24.7 Å². The molecule has 0 unspecified atom stereocenters. The van der Waals surface area contributed by atoms with Crippen molar-refractivity contribution in [1.29, 1.82) is 0 Å². The molecule has 19 heavy (non-hydrogen) atoms. The van der Waals surface area contributed by atoms with Gasteiger partial charge in [-0.25, -0.2) is 0 Å². The largest absolute Gasteiger partial charge is 0.410 e. The highest BCUT2D eigenvalue weighted by Crippen LogP contribution is 2.43. The maximum Gasteiger partial charge on any atom is 0.192 e. The average Bonchev–Trinajstić information content (AvgIpc) is 2.70. The molecule has 0 aliphatic heterocycles. The van der Waals surface area contributed by atoms with Gasteiger partial charge in [0.15, 0.2) is 8.32 Å². The predicted molar refractivity (Wildman–Crippen MR) is 81.2 cm³/mol. The third-order valence-corrected chi connectivity index (χ3v) is 9.11. The molecule has 0 aromatic heterocycles. The first-order valence-corrected chi connectivity index (χ1v) is 9.92. The second kappa shape index (κ2) is 4.87. The molecule has 1 atom stereocenters. The van der Waals surface area contributed by atoms with Crippen molar-refractivity contribution in [2.45, 2.75) is 57.8 Å². The Balaban J connectivity index is 2.27. The summed E-state index contributed by atoms with van der Waals surface area (Å²) in [5.74, 6) is 0. The van der Waals surface area contributed by atoms with Gasteiger partial charge in [-0.1, -0.05) is 39.0 Å². The van der Waals surface area contributed by atoms with Crippen LogP contribution in [0.15, 0.2) is 18.2 Å². The number of fused-ring (bicyclic) bond motifs is 1. The number of benzene rings is 1. The van der Waals surface area contributed by atoms with Crippen LogP contribution in [0.5, 0.6) is 0 Å². The maximum absolute atomic E-state index is 11.1. The Morgan fingerprint density at radius 2 is 2.00 bits per heavy atom. The van der Waals surface area contributed by atoms with E-state index in [2.05, 4.69) is 39.9 Å². The minimum atomic E-state index is -1.75. The summed E-state index contributed by atoms with van der Waals surface area (Å²) in [6.07, 6.45) is 3.11. The fourth-order valence-corrected chi connectivity index (χ4v) is 3.72. The van der Waals surface area contributed by atoms with Gasteiger partial charge in [0.1, 0.15) is 6.29 Å². The number of rotatable bonds is 3. The quantitative estimate of drug-likeness (QED) is 0.600. The molecular formula is C16H24O2Si. The summed E-state index contributed by atoms with van der Waals surface area (Å²) in [6, 6.07) is 5.99. The Hall–Kier alpha value is -0.933. The standard InChI is InChI=1S/C16H24O2Si/c1-16(2,3)19(4,5)18-15-10-9-13-12(11-17)7-6-8-14(13)15/h6-8,11,15H,9-10H2,1-5H3/t15-/m0/s1. The molecule has 0 radical (unpaired) electrons. The van der Waals surface area contributed by atoms with Crippen LogP contribution in [0.4, 0.5) is 0 Å². The van der Waals surface area contributed by atoms with Gasteiger partial charge >= 0.3 is 0 Å². The Kier molecular flexibility index (Phi) is 3.71. The fourth-order valence-electron chi connectivity index (χ4n) is 2.41. The number of hydrogen-bond acceptors (Lipinski definition) is 2. The molecule has 0 saturated carbocycles. The molecule has 104 valence electrons. The van der Waals surface area contributed by atoms with E-state index >= 15 is 0 Å². The first kappa shape index (κ1) is 14.5. The number of aldehydes is 1. The number of carbonyl (C=O) groups is 1. The van der Waals surface area contributed by atoms with Crippen LogP contribution in [0.1, 0.15) is 54.8 Å². The third-order valence-electron chi connectivity index (χ3n) is 4.62. The van der Waals surface area contributed by atoms with Crippen LogP contribution in [0.2, 0.25) is 18.1 Å². The highest BCUT2D eigenvalue weighted by molar-refractivity contribution is 6.74. The minimum Gasteiger partial charge on any atom is -0.410 e. The first-order valence-electron chi connectivity index (χ1n) is 7.01. The molecule has 0 N–H and O–H groups in total. The molecule has 0 spiro atoms. The summed E-state index contributed by atoms with van der Waals surface area (Å²) in [5.41, 5.74) is 3.26. The van der Waals surface area contributed by atoms with Crippen LogP contribution in [0, 0.1) is 0 Å². The van der Waals surface area contributed by atoms with E-state index in [1.807, 2.05) is 12.1 Å². The monoisotopic (exact) mass is 276 g/mol. The molecule has 3 heteroatoms. The second-order valence-corrected chi connectivity index (χ2v) is 11.7. The zero-order valence-corrected chi connectivity index (χ0v) is 13.6. The van der Waals surface area contributed by atoms with Crippen LogP contribution >= 0.6 is 0 Å². The van der Waals surface area contributed by atoms with E-state index in [1.165, 1.54) is 11.1 Å². The van der Waals surface area contributed by atoms with Gasteiger partial charge in [0, 0.05) is 5.56 Å². The molecule has 2 rings (SSSR count). The smallest absolute Gasteiger partial charge is 0.192 e. The molecule has 0 saturated heterocycles. The molecular weight excluding hydrogens is 252 g/mol. The summed E-state index contributed by atoms with van der Waals surface area (Å²) < 4.78 is 6.51. The molecule has 1 aliphatic carbocycles. The zero-order chi connectivity index (χ0) is 14.3. The van der Waals surface area contributed by atoms with Gasteiger partial charge < -0.3 is 4.43 Å². The highest BCUT2D eigenvalue weighted by Gasteiger charge is 2.40. The molecule has 0 fully saturated rings. The van der Waals surface area contributed by atoms with Crippen LogP contribution in [0.25, 0.3) is 0 Å². The summed E-state index contributed by atoms with van der Waals surface area (Å²) in [4.78, 5) is 11.1. The molecule has 0 heterocycles. The van der Waals surface area contributed by atoms with Crippen LogP contribution < -0.4 is 0 Å². The van der Waals surface area contributed by atoms with Gasteiger partial charge in [-0.05, 0) is 42.1 Å². The lowest BCUT2D eigenvalue weighted by Gasteiger charge is -2.38. The topological polar surface area (TPSA) is 26.3 Å². The third kappa shape index (κ3) is 2.67. The Morgan fingerprint density at radius 1 is 1.32 bits per heavy atom. The molecule has 0 bridgehead atoms. The summed E-state index contributed by atoms with van der Waals surface area (Å²) in [7, 11) is -1.75. The van der Waals surface area contributed by atoms with Crippen molar-refractivity contribution in [2.75, 3.05) is 0 Å². The second-order valence-electron chi connectivity index (χ2n) is 6.94. The molecule has 1 aliphatic rings. The lowest BCUT2D eigenvalue weighted by Crippen LogP contribution is -2.41. The van der Waals surface area contributed by atoms with E-state index in [-0.39, 0.29) is 11.1 Å². The number of hydrogen-bond donors (Lipinski definition) is 0. The first-order chi connectivity index (χ1) is 8.76. The van der Waals surface area contributed by atoms with Crippen molar-refractivity contribution in [2.24, 2.45) is 0 Å². The van der Waals surface area contributed by atoms with E-state index < -0.39 is 8.32 Å². The zero-order valence-electron chi connectivity index (χ0n) is 12.6. The highest BCUT2D eigenvalue weighted by atomic mass is 28.4. The van der Waals surface area contributed by atoms with Gasteiger partial charge in [0.05, 0.1) is 6.10 Å². The molecule has 0 amide bonds. The van der Waals surface area contributed by atoms with E-state index in [0.29, 0.717) is 0 Å². The van der Waals surface area contributed by atoms with Gasteiger partial charge in [-0.15, -0.1) is 0 Å². The average molecular weight is 276 g/mol. The summed E-state index contributed by atoms with van der Waals surface area (Å²) in [5, 5.41) is 0.220. The lowest BCUT2D eigenvalue weighted by molar-refractivity contribution is 0.112. The Labute approximate surface area is 117 Å². The summed E-state index contributed by atoms with van der Waals surface area (Å²) in [6.45, 7) is 11.4. The van der Waals surface area contributed by atoms with Crippen molar-refractivity contribution in [3.63, 3.8) is 0 Å². The van der Waals surface area contributed by atoms with E-state index in [1.54, 1.807) is 0 Å². The van der Waals surface area contributed by atoms with Crippen molar-refractivity contribution in [3.05, 3.63) is 34.9 Å². The molecule has 1 aromatic rings. The van der Waals surface area contributed by atoms with E-state index in [4.69, 9.17) is 4.43 Å². The van der Waals surface area contributed by atoms with Crippen molar-refractivity contribution >= 4 is 14.6 Å². The van der Waals surface area contributed by atoms with Gasteiger partial charge in [0.25, 0.3) is 0 Å². The molecule has 2 nitrogen and oxygen atoms in total. The van der Waals surface area contributed by atoms with Crippen molar-refractivity contribution < 1.29 is 9.22 Å². The predicted octanol–water partition coefficient (Wildman–Crippen LogP) is 4.51. The Bertz CT molecular complexity index is 486. The van der Waals surface area contributed by atoms with Gasteiger partial charge in [-0.2, -0.15) is 0 Å².